The topological polar surface area (TPSA) is 106 Å². The summed E-state index contributed by atoms with van der Waals surface area (Å²) in [5, 5.41) is 19.1. The predicted molar refractivity (Wildman–Crippen MR) is 112 cm³/mol. The molecule has 0 bridgehead atoms. The number of rotatable bonds is 7. The number of furan rings is 1. The molecule has 1 atom stereocenters. The second-order valence-electron chi connectivity index (χ2n) is 6.20. The summed E-state index contributed by atoms with van der Waals surface area (Å²) in [7, 11) is 0. The van der Waals surface area contributed by atoms with Crippen LogP contribution in [0.5, 0.6) is 5.75 Å². The van der Waals surface area contributed by atoms with Gasteiger partial charge in [-0.15, -0.1) is 10.2 Å². The normalized spacial score (nSPS) is 16.4. The van der Waals surface area contributed by atoms with Crippen LogP contribution < -0.4 is 9.64 Å². The standard InChI is InChI=1S/C20H17N3O5S2/c1-3-27-12-8-6-11(7-9-12)15-14(16(24)13-5-4-10-28-13)17(25)18(26)23(15)19-21-22-20(29-2)30-19/h4-10,15,25H,3H2,1-2H3. The predicted octanol–water partition coefficient (Wildman–Crippen LogP) is 4.03. The molecule has 10 heteroatoms. The van der Waals surface area contributed by atoms with Gasteiger partial charge in [-0.2, -0.15) is 0 Å². The Bertz CT molecular complexity index is 1110. The summed E-state index contributed by atoms with van der Waals surface area (Å²) in [6.07, 6.45) is 3.21. The maximum absolute atomic E-state index is 13.1. The number of carbonyl (C=O) groups excluding carboxylic acids is 2. The van der Waals surface area contributed by atoms with Gasteiger partial charge in [-0.1, -0.05) is 35.2 Å². The number of aliphatic hydroxyl groups excluding tert-OH is 1. The number of amides is 1. The fourth-order valence-corrected chi connectivity index (χ4v) is 4.47. The lowest BCUT2D eigenvalue weighted by Crippen LogP contribution is -2.31. The number of thioether (sulfide) groups is 1. The molecule has 8 nitrogen and oxygen atoms in total. The van der Waals surface area contributed by atoms with Gasteiger partial charge in [0, 0.05) is 0 Å². The summed E-state index contributed by atoms with van der Waals surface area (Å²) in [4.78, 5) is 27.4. The van der Waals surface area contributed by atoms with E-state index in [4.69, 9.17) is 9.15 Å². The van der Waals surface area contributed by atoms with Crippen molar-refractivity contribution in [3.8, 4) is 5.75 Å². The van der Waals surface area contributed by atoms with E-state index < -0.39 is 23.5 Å². The van der Waals surface area contributed by atoms with Crippen LogP contribution in [0.15, 0.2) is 62.8 Å². The van der Waals surface area contributed by atoms with Gasteiger partial charge < -0.3 is 14.3 Å². The van der Waals surface area contributed by atoms with Crippen molar-refractivity contribution >= 4 is 39.9 Å². The van der Waals surface area contributed by atoms with E-state index >= 15 is 0 Å². The van der Waals surface area contributed by atoms with Gasteiger partial charge >= 0.3 is 0 Å². The summed E-state index contributed by atoms with van der Waals surface area (Å²) in [6.45, 7) is 2.39. The molecule has 30 heavy (non-hydrogen) atoms. The van der Waals surface area contributed by atoms with Crippen molar-refractivity contribution in [3.05, 3.63) is 65.3 Å². The van der Waals surface area contributed by atoms with E-state index in [9.17, 15) is 14.7 Å². The Labute approximate surface area is 180 Å². The van der Waals surface area contributed by atoms with Crippen LogP contribution in [0.4, 0.5) is 5.13 Å². The van der Waals surface area contributed by atoms with Crippen LogP contribution in [0.1, 0.15) is 29.1 Å². The van der Waals surface area contributed by atoms with E-state index in [1.165, 1.54) is 40.3 Å². The van der Waals surface area contributed by atoms with Crippen molar-refractivity contribution in [1.82, 2.24) is 10.2 Å². The number of nitrogens with zero attached hydrogens (tertiary/aromatic N) is 3. The van der Waals surface area contributed by atoms with Crippen LogP contribution >= 0.6 is 23.1 Å². The Hall–Kier alpha value is -3.11. The van der Waals surface area contributed by atoms with Gasteiger partial charge in [0.15, 0.2) is 15.9 Å². The third-order valence-electron chi connectivity index (χ3n) is 4.48. The molecule has 0 spiro atoms. The number of ketones is 1. The lowest BCUT2D eigenvalue weighted by Gasteiger charge is -2.24. The van der Waals surface area contributed by atoms with Crippen molar-refractivity contribution < 1.29 is 23.8 Å². The monoisotopic (exact) mass is 443 g/mol. The van der Waals surface area contributed by atoms with E-state index in [0.29, 0.717) is 22.3 Å². The summed E-state index contributed by atoms with van der Waals surface area (Å²) in [5.41, 5.74) is 0.548. The van der Waals surface area contributed by atoms with E-state index in [0.717, 1.165) is 0 Å². The quantitative estimate of drug-likeness (QED) is 0.331. The van der Waals surface area contributed by atoms with Crippen LogP contribution in [-0.2, 0) is 4.79 Å². The number of Topliss-reactive ketones (excluding diaryl/α,β-unsaturated/α-hetero) is 1. The van der Waals surface area contributed by atoms with Crippen LogP contribution in [-0.4, -0.2) is 39.9 Å². The summed E-state index contributed by atoms with van der Waals surface area (Å²) < 4.78 is 11.4. The van der Waals surface area contributed by atoms with Crippen molar-refractivity contribution in [2.75, 3.05) is 17.8 Å². The third kappa shape index (κ3) is 3.48. The molecular formula is C20H17N3O5S2. The second kappa shape index (κ2) is 8.33. The van der Waals surface area contributed by atoms with Gasteiger partial charge in [0.2, 0.25) is 10.9 Å². The molecule has 0 radical (unpaired) electrons. The maximum Gasteiger partial charge on any atom is 0.296 e. The number of anilines is 1. The molecule has 1 aromatic carbocycles. The van der Waals surface area contributed by atoms with E-state index in [1.54, 1.807) is 30.3 Å². The van der Waals surface area contributed by atoms with Gasteiger partial charge in [0.1, 0.15) is 5.75 Å². The molecule has 1 unspecified atom stereocenters. The third-order valence-corrected chi connectivity index (χ3v) is 6.38. The highest BCUT2D eigenvalue weighted by atomic mass is 32.2. The fourth-order valence-electron chi connectivity index (χ4n) is 3.19. The molecular weight excluding hydrogens is 426 g/mol. The molecule has 0 fully saturated rings. The van der Waals surface area contributed by atoms with Crippen LogP contribution in [0.25, 0.3) is 0 Å². The molecule has 1 N–H and O–H groups in total. The zero-order chi connectivity index (χ0) is 21.3. The van der Waals surface area contributed by atoms with Gasteiger partial charge in [-0.05, 0) is 43.0 Å². The van der Waals surface area contributed by atoms with Gasteiger partial charge in [-0.25, -0.2) is 0 Å². The van der Waals surface area contributed by atoms with Gasteiger partial charge in [0.25, 0.3) is 5.91 Å². The van der Waals surface area contributed by atoms with E-state index in [2.05, 4.69) is 10.2 Å². The largest absolute Gasteiger partial charge is 0.503 e. The molecule has 1 aliphatic rings. The Morgan fingerprint density at radius 3 is 2.67 bits per heavy atom. The molecule has 3 aromatic rings. The molecule has 1 aliphatic heterocycles. The highest BCUT2D eigenvalue weighted by molar-refractivity contribution is 8.00. The first kappa shape index (κ1) is 20.2. The minimum Gasteiger partial charge on any atom is -0.503 e. The minimum absolute atomic E-state index is 0.0317. The van der Waals surface area contributed by atoms with Crippen molar-refractivity contribution in [2.45, 2.75) is 17.3 Å². The zero-order valence-electron chi connectivity index (χ0n) is 16.1. The van der Waals surface area contributed by atoms with Crippen molar-refractivity contribution in [2.24, 2.45) is 0 Å². The fraction of sp³-hybridized carbons (Fsp3) is 0.200. The van der Waals surface area contributed by atoms with Crippen molar-refractivity contribution in [3.63, 3.8) is 0 Å². The number of hydrogen-bond donors (Lipinski definition) is 1. The molecule has 1 amide bonds. The lowest BCUT2D eigenvalue weighted by molar-refractivity contribution is -0.117. The number of benzene rings is 1. The molecule has 0 saturated heterocycles. The summed E-state index contributed by atoms with van der Waals surface area (Å²) in [5.74, 6) is -1.22. The average Bonchev–Trinajstić information content (AvgIpc) is 3.49. The van der Waals surface area contributed by atoms with Gasteiger partial charge in [0.05, 0.1) is 24.5 Å². The molecule has 0 aliphatic carbocycles. The number of aromatic nitrogens is 2. The van der Waals surface area contributed by atoms with Crippen molar-refractivity contribution in [1.29, 1.82) is 0 Å². The zero-order valence-corrected chi connectivity index (χ0v) is 17.7. The Morgan fingerprint density at radius 2 is 2.07 bits per heavy atom. The number of carbonyl (C=O) groups is 2. The number of ether oxygens (including phenoxy) is 1. The highest BCUT2D eigenvalue weighted by Crippen LogP contribution is 2.43. The molecule has 154 valence electrons. The van der Waals surface area contributed by atoms with Crippen LogP contribution in [0.3, 0.4) is 0 Å². The number of hydrogen-bond acceptors (Lipinski definition) is 9. The first-order valence-electron chi connectivity index (χ1n) is 9.00. The average molecular weight is 444 g/mol. The lowest BCUT2D eigenvalue weighted by atomic mass is 9.95. The second-order valence-corrected chi connectivity index (χ2v) is 8.21. The smallest absolute Gasteiger partial charge is 0.296 e. The summed E-state index contributed by atoms with van der Waals surface area (Å²) >= 11 is 2.60. The van der Waals surface area contributed by atoms with Gasteiger partial charge in [-0.3, -0.25) is 14.5 Å². The first-order chi connectivity index (χ1) is 14.5. The van der Waals surface area contributed by atoms with E-state index in [1.807, 2.05) is 13.2 Å². The maximum atomic E-state index is 13.1. The Balaban J connectivity index is 1.82. The minimum atomic E-state index is -0.881. The Morgan fingerprint density at radius 1 is 1.30 bits per heavy atom. The summed E-state index contributed by atoms with van der Waals surface area (Å²) in [6, 6.07) is 9.18. The Kier molecular flexibility index (Phi) is 5.60. The molecule has 4 rings (SSSR count). The van der Waals surface area contributed by atoms with Crippen LogP contribution in [0, 0.1) is 0 Å². The van der Waals surface area contributed by atoms with E-state index in [-0.39, 0.29) is 16.5 Å². The molecule has 2 aromatic heterocycles. The van der Waals surface area contributed by atoms with Crippen LogP contribution in [0.2, 0.25) is 0 Å². The highest BCUT2D eigenvalue weighted by Gasteiger charge is 2.46. The SMILES string of the molecule is CCOc1ccc(C2C(C(=O)c3ccco3)=C(O)C(=O)N2c2nnc(SC)s2)cc1. The molecule has 0 saturated carbocycles. The molecule has 3 heterocycles. The first-order valence-corrected chi connectivity index (χ1v) is 11.0. The number of aliphatic hydroxyl groups is 1.